The third-order valence-corrected chi connectivity index (χ3v) is 4.86. The van der Waals surface area contributed by atoms with Gasteiger partial charge in [-0.3, -0.25) is 4.79 Å². The minimum atomic E-state index is -0.504. The third kappa shape index (κ3) is 4.91. The first-order chi connectivity index (χ1) is 10.6. The van der Waals surface area contributed by atoms with Crippen molar-refractivity contribution in [3.63, 3.8) is 0 Å². The highest BCUT2D eigenvalue weighted by molar-refractivity contribution is 8.01. The molecule has 5 nitrogen and oxygen atoms in total. The molecule has 1 amide bonds. The molecule has 1 heterocycles. The van der Waals surface area contributed by atoms with Gasteiger partial charge in [0, 0.05) is 23.4 Å². The molecule has 0 unspecified atom stereocenters. The van der Waals surface area contributed by atoms with Crippen LogP contribution in [0.25, 0.3) is 0 Å². The van der Waals surface area contributed by atoms with E-state index in [1.54, 1.807) is 13.2 Å². The van der Waals surface area contributed by atoms with Gasteiger partial charge in [0.25, 0.3) is 0 Å². The summed E-state index contributed by atoms with van der Waals surface area (Å²) in [5.41, 5.74) is 0.167. The van der Waals surface area contributed by atoms with Crippen LogP contribution < -0.4 is 5.32 Å². The van der Waals surface area contributed by atoms with Crippen molar-refractivity contribution in [2.45, 2.75) is 10.8 Å². The van der Waals surface area contributed by atoms with Gasteiger partial charge in [-0.25, -0.2) is 4.39 Å². The first-order valence-corrected chi connectivity index (χ1v) is 8.46. The molecule has 2 rings (SSSR count). The van der Waals surface area contributed by atoms with Crippen molar-refractivity contribution in [2.75, 3.05) is 24.8 Å². The zero-order valence-corrected chi connectivity index (χ0v) is 14.0. The number of hydrogen-bond donors (Lipinski definition) is 1. The van der Waals surface area contributed by atoms with E-state index in [0.717, 1.165) is 10.1 Å². The van der Waals surface area contributed by atoms with E-state index in [-0.39, 0.29) is 17.0 Å². The first-order valence-electron chi connectivity index (χ1n) is 6.28. The minimum Gasteiger partial charge on any atom is -0.384 e. The van der Waals surface area contributed by atoms with E-state index in [0.29, 0.717) is 11.7 Å². The molecule has 0 saturated heterocycles. The quantitative estimate of drug-likeness (QED) is 0.466. The number of halogens is 2. The van der Waals surface area contributed by atoms with Crippen LogP contribution in [0.5, 0.6) is 0 Å². The van der Waals surface area contributed by atoms with Gasteiger partial charge in [0.05, 0.1) is 13.0 Å². The minimum absolute atomic E-state index is 0.156. The van der Waals surface area contributed by atoms with Gasteiger partial charge in [0.1, 0.15) is 5.82 Å². The maximum Gasteiger partial charge on any atom is 0.230 e. The van der Waals surface area contributed by atoms with Crippen molar-refractivity contribution < 1.29 is 13.9 Å². The van der Waals surface area contributed by atoms with Crippen molar-refractivity contribution in [1.82, 2.24) is 10.2 Å². The molecule has 0 spiro atoms. The molecule has 1 aromatic carbocycles. The zero-order valence-electron chi connectivity index (χ0n) is 11.6. The van der Waals surface area contributed by atoms with Crippen molar-refractivity contribution in [3.05, 3.63) is 34.6 Å². The number of ether oxygens (including phenoxy) is 1. The SMILES string of the molecule is COCCSc1nnc(NC(=O)Cc2c(F)cccc2Cl)s1. The van der Waals surface area contributed by atoms with Crippen LogP contribution in [0.2, 0.25) is 5.02 Å². The Morgan fingerprint density at radius 2 is 2.32 bits per heavy atom. The fraction of sp³-hybridized carbons (Fsp3) is 0.308. The summed E-state index contributed by atoms with van der Waals surface area (Å²) >= 11 is 8.64. The molecule has 22 heavy (non-hydrogen) atoms. The fourth-order valence-corrected chi connectivity index (χ4v) is 3.53. The Hall–Kier alpha value is -1.22. The number of nitrogens with zero attached hydrogens (tertiary/aromatic N) is 2. The van der Waals surface area contributed by atoms with Crippen LogP contribution in [0.4, 0.5) is 9.52 Å². The molecule has 0 saturated carbocycles. The normalized spacial score (nSPS) is 10.7. The van der Waals surface area contributed by atoms with Crippen LogP contribution in [-0.2, 0) is 16.0 Å². The lowest BCUT2D eigenvalue weighted by Crippen LogP contribution is -2.15. The lowest BCUT2D eigenvalue weighted by Gasteiger charge is -2.05. The van der Waals surface area contributed by atoms with E-state index in [9.17, 15) is 9.18 Å². The second kappa shape index (κ2) is 8.42. The van der Waals surface area contributed by atoms with Gasteiger partial charge in [0.15, 0.2) is 4.34 Å². The van der Waals surface area contributed by atoms with Crippen molar-refractivity contribution in [1.29, 1.82) is 0 Å². The van der Waals surface area contributed by atoms with E-state index in [1.165, 1.54) is 35.2 Å². The van der Waals surface area contributed by atoms with Crippen LogP contribution >= 0.6 is 34.7 Å². The number of carbonyl (C=O) groups excluding carboxylic acids is 1. The smallest absolute Gasteiger partial charge is 0.230 e. The van der Waals surface area contributed by atoms with Crippen LogP contribution in [0.15, 0.2) is 22.5 Å². The van der Waals surface area contributed by atoms with E-state index in [1.807, 2.05) is 0 Å². The molecule has 0 aliphatic carbocycles. The molecule has 0 radical (unpaired) electrons. The number of hydrogen-bond acceptors (Lipinski definition) is 6. The van der Waals surface area contributed by atoms with Crippen LogP contribution in [0, 0.1) is 5.82 Å². The maximum absolute atomic E-state index is 13.6. The van der Waals surface area contributed by atoms with Gasteiger partial charge in [-0.15, -0.1) is 10.2 Å². The molecule has 0 aliphatic heterocycles. The first kappa shape index (κ1) is 17.1. The number of anilines is 1. The predicted molar refractivity (Wildman–Crippen MR) is 86.3 cm³/mol. The third-order valence-electron chi connectivity index (χ3n) is 2.56. The molecular formula is C13H13ClFN3O2S2. The lowest BCUT2D eigenvalue weighted by atomic mass is 10.1. The highest BCUT2D eigenvalue weighted by Gasteiger charge is 2.14. The van der Waals surface area contributed by atoms with Crippen LogP contribution in [0.3, 0.4) is 0 Å². The Morgan fingerprint density at radius 1 is 1.50 bits per heavy atom. The van der Waals surface area contributed by atoms with Crippen molar-refractivity contribution in [2.24, 2.45) is 0 Å². The number of methoxy groups -OCH3 is 1. The Balaban J connectivity index is 1.92. The summed E-state index contributed by atoms with van der Waals surface area (Å²) in [4.78, 5) is 11.9. The number of thioether (sulfide) groups is 1. The summed E-state index contributed by atoms with van der Waals surface area (Å²) in [6.45, 7) is 0.609. The van der Waals surface area contributed by atoms with Crippen LogP contribution in [-0.4, -0.2) is 35.6 Å². The Labute approximate surface area is 140 Å². The van der Waals surface area contributed by atoms with E-state index < -0.39 is 11.7 Å². The summed E-state index contributed by atoms with van der Waals surface area (Å²) in [6.07, 6.45) is -0.156. The zero-order chi connectivity index (χ0) is 15.9. The summed E-state index contributed by atoms with van der Waals surface area (Å²) in [7, 11) is 1.63. The van der Waals surface area contributed by atoms with Gasteiger partial charge in [0.2, 0.25) is 11.0 Å². The summed E-state index contributed by atoms with van der Waals surface area (Å²) in [5.74, 6) is -0.142. The number of carbonyl (C=O) groups is 1. The monoisotopic (exact) mass is 361 g/mol. The number of amides is 1. The molecule has 0 atom stereocenters. The Bertz CT molecular complexity index is 634. The summed E-state index contributed by atoms with van der Waals surface area (Å²) in [5, 5.41) is 11.0. The number of aromatic nitrogens is 2. The van der Waals surface area contributed by atoms with Gasteiger partial charge >= 0.3 is 0 Å². The second-order valence-electron chi connectivity index (χ2n) is 4.14. The number of nitrogens with one attached hydrogen (secondary N) is 1. The molecule has 118 valence electrons. The van der Waals surface area contributed by atoms with E-state index >= 15 is 0 Å². The molecule has 2 aromatic rings. The largest absolute Gasteiger partial charge is 0.384 e. The van der Waals surface area contributed by atoms with E-state index in [2.05, 4.69) is 15.5 Å². The Kier molecular flexibility index (Phi) is 6.56. The summed E-state index contributed by atoms with van der Waals surface area (Å²) < 4.78 is 19.3. The van der Waals surface area contributed by atoms with Gasteiger partial charge in [-0.05, 0) is 12.1 Å². The fourth-order valence-electron chi connectivity index (χ4n) is 1.56. The molecule has 1 N–H and O–H groups in total. The predicted octanol–water partition coefficient (Wildman–Crippen LogP) is 3.25. The van der Waals surface area contributed by atoms with Gasteiger partial charge in [-0.2, -0.15) is 0 Å². The van der Waals surface area contributed by atoms with Gasteiger partial charge < -0.3 is 10.1 Å². The van der Waals surface area contributed by atoms with Crippen molar-refractivity contribution >= 4 is 45.7 Å². The highest BCUT2D eigenvalue weighted by Crippen LogP contribution is 2.26. The second-order valence-corrected chi connectivity index (χ2v) is 6.87. The molecule has 9 heteroatoms. The summed E-state index contributed by atoms with van der Waals surface area (Å²) in [6, 6.07) is 4.31. The molecule has 0 bridgehead atoms. The molecule has 1 aromatic heterocycles. The number of rotatable bonds is 7. The van der Waals surface area contributed by atoms with Gasteiger partial charge in [-0.1, -0.05) is 40.8 Å². The Morgan fingerprint density at radius 3 is 3.05 bits per heavy atom. The maximum atomic E-state index is 13.6. The lowest BCUT2D eigenvalue weighted by molar-refractivity contribution is -0.115. The van der Waals surface area contributed by atoms with Crippen LogP contribution in [0.1, 0.15) is 5.56 Å². The molecule has 0 fully saturated rings. The highest BCUT2D eigenvalue weighted by atomic mass is 35.5. The standard InChI is InChI=1S/C13H13ClFN3O2S2/c1-20-5-6-21-13-18-17-12(22-13)16-11(19)7-8-9(14)3-2-4-10(8)15/h2-4H,5-7H2,1H3,(H,16,17,19). The average Bonchev–Trinajstić information content (AvgIpc) is 2.91. The molecule has 0 aliphatic rings. The average molecular weight is 362 g/mol. The van der Waals surface area contributed by atoms with E-state index in [4.69, 9.17) is 16.3 Å². The molecular weight excluding hydrogens is 349 g/mol. The van der Waals surface area contributed by atoms with Crippen molar-refractivity contribution in [3.8, 4) is 0 Å². The topological polar surface area (TPSA) is 64.1 Å². The number of benzene rings is 1.